The summed E-state index contributed by atoms with van der Waals surface area (Å²) in [7, 11) is 2.87. The predicted molar refractivity (Wildman–Crippen MR) is 177 cm³/mol. The van der Waals surface area contributed by atoms with E-state index in [1.54, 1.807) is 12.1 Å². The Bertz CT molecular complexity index is 1810. The van der Waals surface area contributed by atoms with Gasteiger partial charge in [-0.1, -0.05) is 66.6 Å². The third-order valence-electron chi connectivity index (χ3n) is 10.8. The Hall–Kier alpha value is -5.12. The molecule has 6 unspecified atom stereocenters. The van der Waals surface area contributed by atoms with Gasteiger partial charge in [0, 0.05) is 12.5 Å². The van der Waals surface area contributed by atoms with Crippen molar-refractivity contribution in [1.29, 1.82) is 0 Å². The van der Waals surface area contributed by atoms with Gasteiger partial charge in [-0.15, -0.1) is 0 Å². The Morgan fingerprint density at radius 3 is 2.19 bits per heavy atom. The summed E-state index contributed by atoms with van der Waals surface area (Å²) in [5, 5.41) is 12.0. The zero-order valence-electron chi connectivity index (χ0n) is 27.4. The first-order valence-electron chi connectivity index (χ1n) is 16.4. The third kappa shape index (κ3) is 4.45. The van der Waals surface area contributed by atoms with E-state index in [9.17, 15) is 19.5 Å². The summed E-state index contributed by atoms with van der Waals surface area (Å²) in [6.45, 7) is 4.23. The van der Waals surface area contributed by atoms with E-state index in [0.29, 0.717) is 36.2 Å². The fourth-order valence-corrected chi connectivity index (χ4v) is 8.71. The van der Waals surface area contributed by atoms with Gasteiger partial charge < -0.3 is 14.6 Å². The van der Waals surface area contributed by atoms with E-state index in [2.05, 4.69) is 5.43 Å². The number of benzene rings is 3. The van der Waals surface area contributed by atoms with Crippen LogP contribution in [0.15, 0.2) is 78.4 Å². The zero-order chi connectivity index (χ0) is 33.9. The first-order valence-corrected chi connectivity index (χ1v) is 16.4. The fraction of sp³-hybridized carbons (Fsp3) is 0.368. The molecular weight excluding hydrogens is 610 g/mol. The van der Waals surface area contributed by atoms with E-state index in [-0.39, 0.29) is 35.5 Å². The molecule has 10 heteroatoms. The van der Waals surface area contributed by atoms with Crippen molar-refractivity contribution in [2.45, 2.75) is 44.4 Å². The number of nitrogens with one attached hydrogen (secondary N) is 1. The SMILES string of the molecule is CCCN1C(=O)C2CC=C3C(CC4C(=O)N(Nc5ccc(C)cc5)C(=O)C4(c4ccccc4)C3c3cc(OC)c(O)c(OC)c3)C2C1=O. The van der Waals surface area contributed by atoms with Crippen molar-refractivity contribution in [1.82, 2.24) is 9.91 Å². The van der Waals surface area contributed by atoms with Crippen LogP contribution < -0.4 is 14.9 Å². The minimum Gasteiger partial charge on any atom is -0.502 e. The summed E-state index contributed by atoms with van der Waals surface area (Å²) in [6.07, 6.45) is 3.20. The number of rotatable bonds is 8. The van der Waals surface area contributed by atoms with Crippen molar-refractivity contribution in [3.63, 3.8) is 0 Å². The van der Waals surface area contributed by atoms with Gasteiger partial charge in [0.1, 0.15) is 0 Å². The van der Waals surface area contributed by atoms with Crippen LogP contribution in [0.3, 0.4) is 0 Å². The van der Waals surface area contributed by atoms with Crippen molar-refractivity contribution in [2.75, 3.05) is 26.2 Å². The maximum Gasteiger partial charge on any atom is 0.260 e. The summed E-state index contributed by atoms with van der Waals surface area (Å²) >= 11 is 0. The number of nitrogens with zero attached hydrogens (tertiary/aromatic N) is 2. The van der Waals surface area contributed by atoms with Gasteiger partial charge in [-0.2, -0.15) is 5.01 Å². The fourth-order valence-electron chi connectivity index (χ4n) is 8.71. The standard InChI is InChI=1S/C38H39N3O7/c1-5-17-40-34(43)26-16-15-25-27(31(26)36(40)45)20-28-35(44)41(39-24-13-11-21(2)12-14-24)37(46)38(28,23-9-7-6-8-10-23)32(25)22-18-29(47-3)33(42)30(19-22)48-4/h6-15,18-19,26-28,31-32,39,42H,5,16-17,20H2,1-4H3. The second kappa shape index (κ2) is 11.8. The molecule has 3 fully saturated rings. The van der Waals surface area contributed by atoms with E-state index in [1.807, 2.05) is 74.5 Å². The van der Waals surface area contributed by atoms with Gasteiger partial charge in [-0.3, -0.25) is 29.5 Å². The largest absolute Gasteiger partial charge is 0.502 e. The number of ether oxygens (including phenoxy) is 2. The monoisotopic (exact) mass is 649 g/mol. The number of aromatic hydroxyl groups is 1. The van der Waals surface area contributed by atoms with Gasteiger partial charge in [-0.05, 0) is 67.5 Å². The first kappa shape index (κ1) is 31.5. The minimum atomic E-state index is -1.44. The number of hydrogen-bond donors (Lipinski definition) is 2. The zero-order valence-corrected chi connectivity index (χ0v) is 27.4. The number of allylic oxidation sites excluding steroid dienone is 2. The average molecular weight is 650 g/mol. The van der Waals surface area contributed by atoms with Gasteiger partial charge in [-0.25, -0.2) is 0 Å². The Morgan fingerprint density at radius 2 is 1.56 bits per heavy atom. The number of carbonyl (C=O) groups is 4. The lowest BCUT2D eigenvalue weighted by Gasteiger charge is -2.50. The number of phenols is 1. The van der Waals surface area contributed by atoms with Crippen LogP contribution in [-0.4, -0.2) is 59.4 Å². The van der Waals surface area contributed by atoms with Crippen molar-refractivity contribution in [3.05, 3.63) is 95.1 Å². The first-order chi connectivity index (χ1) is 23.2. The number of likely N-dealkylation sites (tertiary alicyclic amines) is 1. The normalized spacial score (nSPS) is 27.8. The number of methoxy groups -OCH3 is 2. The van der Waals surface area contributed by atoms with Crippen LogP contribution in [0.2, 0.25) is 0 Å². The molecular formula is C38H39N3O7. The highest BCUT2D eigenvalue weighted by Crippen LogP contribution is 2.64. The number of phenolic OH excluding ortho intramolecular Hbond substituents is 1. The average Bonchev–Trinajstić information content (AvgIpc) is 3.47. The minimum absolute atomic E-state index is 0.146. The Labute approximate surface area is 279 Å². The molecule has 7 rings (SSSR count). The molecule has 248 valence electrons. The molecule has 2 heterocycles. The number of anilines is 1. The quantitative estimate of drug-likeness (QED) is 0.255. The molecule has 3 aromatic carbocycles. The van der Waals surface area contributed by atoms with Crippen LogP contribution in [0.4, 0.5) is 5.69 Å². The van der Waals surface area contributed by atoms with Crippen LogP contribution in [0.25, 0.3) is 0 Å². The summed E-state index contributed by atoms with van der Waals surface area (Å²) < 4.78 is 11.1. The van der Waals surface area contributed by atoms with Gasteiger partial charge >= 0.3 is 0 Å². The summed E-state index contributed by atoms with van der Waals surface area (Å²) in [5.74, 6) is -4.44. The molecule has 2 saturated heterocycles. The molecule has 10 nitrogen and oxygen atoms in total. The Kier molecular flexibility index (Phi) is 7.77. The molecule has 2 N–H and O–H groups in total. The number of amides is 4. The van der Waals surface area contributed by atoms with E-state index < -0.39 is 46.8 Å². The van der Waals surface area contributed by atoms with Gasteiger partial charge in [0.15, 0.2) is 11.5 Å². The maximum atomic E-state index is 15.2. The molecule has 4 aliphatic rings. The number of hydrogen-bond acceptors (Lipinski definition) is 8. The maximum absolute atomic E-state index is 15.2. The van der Waals surface area contributed by atoms with Crippen molar-refractivity contribution in [3.8, 4) is 17.2 Å². The highest BCUT2D eigenvalue weighted by Gasteiger charge is 2.70. The molecule has 2 aliphatic carbocycles. The van der Waals surface area contributed by atoms with Crippen molar-refractivity contribution < 1.29 is 33.8 Å². The van der Waals surface area contributed by atoms with Crippen molar-refractivity contribution >= 4 is 29.3 Å². The van der Waals surface area contributed by atoms with E-state index in [4.69, 9.17) is 9.47 Å². The Balaban J connectivity index is 1.48. The van der Waals surface area contributed by atoms with E-state index in [0.717, 1.165) is 16.1 Å². The smallest absolute Gasteiger partial charge is 0.260 e. The molecule has 6 atom stereocenters. The number of carbonyl (C=O) groups excluding carboxylic acids is 4. The molecule has 0 bridgehead atoms. The molecule has 2 aliphatic heterocycles. The summed E-state index contributed by atoms with van der Waals surface area (Å²) in [6, 6.07) is 20.1. The van der Waals surface area contributed by atoms with Gasteiger partial charge in [0.05, 0.1) is 43.1 Å². The summed E-state index contributed by atoms with van der Waals surface area (Å²) in [5.41, 5.74) is 5.35. The highest BCUT2D eigenvalue weighted by molar-refractivity contribution is 6.13. The Morgan fingerprint density at radius 1 is 0.896 bits per heavy atom. The second-order valence-corrected chi connectivity index (χ2v) is 13.2. The molecule has 0 spiro atoms. The number of imide groups is 2. The molecule has 1 saturated carbocycles. The lowest BCUT2D eigenvalue weighted by molar-refractivity contribution is -0.141. The van der Waals surface area contributed by atoms with Gasteiger partial charge in [0.25, 0.3) is 11.8 Å². The molecule has 3 aromatic rings. The summed E-state index contributed by atoms with van der Waals surface area (Å²) in [4.78, 5) is 58.9. The second-order valence-electron chi connectivity index (χ2n) is 13.2. The molecule has 4 amide bonds. The third-order valence-corrected chi connectivity index (χ3v) is 10.8. The topological polar surface area (TPSA) is 125 Å². The van der Waals surface area contributed by atoms with E-state index >= 15 is 4.79 Å². The van der Waals surface area contributed by atoms with Crippen LogP contribution >= 0.6 is 0 Å². The van der Waals surface area contributed by atoms with Crippen LogP contribution in [0.1, 0.15) is 48.8 Å². The lowest BCUT2D eigenvalue weighted by Crippen LogP contribution is -2.53. The van der Waals surface area contributed by atoms with E-state index in [1.165, 1.54) is 19.1 Å². The number of fused-ring (bicyclic) bond motifs is 4. The molecule has 0 aromatic heterocycles. The van der Waals surface area contributed by atoms with Crippen LogP contribution in [0, 0.1) is 30.6 Å². The van der Waals surface area contributed by atoms with Gasteiger partial charge in [0.2, 0.25) is 17.6 Å². The molecule has 0 radical (unpaired) electrons. The highest BCUT2D eigenvalue weighted by atomic mass is 16.5. The lowest BCUT2D eigenvalue weighted by atomic mass is 9.49. The van der Waals surface area contributed by atoms with Crippen molar-refractivity contribution in [2.24, 2.45) is 23.7 Å². The number of aryl methyl sites for hydroxylation is 1. The number of hydrazine groups is 1. The van der Waals surface area contributed by atoms with Crippen LogP contribution in [0.5, 0.6) is 17.2 Å². The molecule has 48 heavy (non-hydrogen) atoms. The predicted octanol–water partition coefficient (Wildman–Crippen LogP) is 5.11. The van der Waals surface area contributed by atoms with Crippen LogP contribution in [-0.2, 0) is 24.6 Å².